The molecule has 78 valence electrons. The summed E-state index contributed by atoms with van der Waals surface area (Å²) >= 11 is 0. The van der Waals surface area contributed by atoms with Gasteiger partial charge in [0, 0.05) is 18.3 Å². The summed E-state index contributed by atoms with van der Waals surface area (Å²) in [5.41, 5.74) is 6.83. The molecule has 0 aromatic carbocycles. The van der Waals surface area contributed by atoms with Crippen LogP contribution in [0.15, 0.2) is 4.99 Å². The normalized spacial score (nSPS) is 17.2. The molecule has 2 nitrogen and oxygen atoms in total. The Morgan fingerprint density at radius 2 is 1.85 bits per heavy atom. The van der Waals surface area contributed by atoms with Crippen molar-refractivity contribution in [3.05, 3.63) is 0 Å². The van der Waals surface area contributed by atoms with Crippen molar-refractivity contribution in [1.29, 1.82) is 0 Å². The number of aliphatic imine (C=N–C) groups is 1. The number of rotatable bonds is 6. The van der Waals surface area contributed by atoms with Gasteiger partial charge in [-0.3, -0.25) is 4.99 Å². The summed E-state index contributed by atoms with van der Waals surface area (Å²) in [6, 6.07) is 0.433. The average Bonchev–Trinajstić information content (AvgIpc) is 2.16. The smallest absolute Gasteiger partial charge is 0.0468 e. The van der Waals surface area contributed by atoms with E-state index in [0.717, 1.165) is 12.8 Å². The third kappa shape index (κ3) is 5.81. The number of nitrogens with zero attached hydrogens (tertiary/aromatic N) is 1. The topological polar surface area (TPSA) is 38.4 Å². The molecule has 0 amide bonds. The van der Waals surface area contributed by atoms with Crippen LogP contribution in [0, 0.1) is 5.92 Å². The molecule has 13 heavy (non-hydrogen) atoms. The zero-order valence-electron chi connectivity index (χ0n) is 9.51. The van der Waals surface area contributed by atoms with Crippen molar-refractivity contribution in [2.75, 3.05) is 6.54 Å². The third-order valence-corrected chi connectivity index (χ3v) is 2.51. The zero-order chi connectivity index (χ0) is 10.3. The predicted octanol–water partition coefficient (Wildman–Crippen LogP) is 2.62. The van der Waals surface area contributed by atoms with Crippen LogP contribution in [0.1, 0.15) is 47.0 Å². The molecule has 0 aliphatic heterocycles. The van der Waals surface area contributed by atoms with Gasteiger partial charge in [-0.2, -0.15) is 0 Å². The number of hydrogen-bond acceptors (Lipinski definition) is 2. The van der Waals surface area contributed by atoms with Crippen molar-refractivity contribution in [3.8, 4) is 0 Å². The zero-order valence-corrected chi connectivity index (χ0v) is 9.51. The molecule has 0 aliphatic rings. The van der Waals surface area contributed by atoms with E-state index in [-0.39, 0.29) is 0 Å². The molecule has 0 saturated carbocycles. The molecular weight excluding hydrogens is 160 g/mol. The van der Waals surface area contributed by atoms with Gasteiger partial charge < -0.3 is 5.73 Å². The highest BCUT2D eigenvalue weighted by molar-refractivity contribution is 5.86. The van der Waals surface area contributed by atoms with Crippen molar-refractivity contribution >= 4 is 5.71 Å². The fourth-order valence-electron chi connectivity index (χ4n) is 1.14. The molecule has 0 aromatic heterocycles. The lowest BCUT2D eigenvalue weighted by Crippen LogP contribution is -2.18. The molecule has 0 bridgehead atoms. The van der Waals surface area contributed by atoms with E-state index in [1.165, 1.54) is 12.1 Å². The maximum atomic E-state index is 5.65. The maximum Gasteiger partial charge on any atom is 0.0468 e. The van der Waals surface area contributed by atoms with Crippen LogP contribution >= 0.6 is 0 Å². The minimum atomic E-state index is 0.433. The first kappa shape index (κ1) is 12.6. The van der Waals surface area contributed by atoms with Crippen molar-refractivity contribution in [1.82, 2.24) is 0 Å². The molecule has 0 rings (SSSR count). The number of hydrogen-bond donors (Lipinski definition) is 1. The molecule has 2 atom stereocenters. The highest BCUT2D eigenvalue weighted by Crippen LogP contribution is 2.08. The lowest BCUT2D eigenvalue weighted by Gasteiger charge is -2.12. The molecule has 2 heteroatoms. The van der Waals surface area contributed by atoms with Gasteiger partial charge in [-0.15, -0.1) is 0 Å². The van der Waals surface area contributed by atoms with Crippen LogP contribution in [0.5, 0.6) is 0 Å². The molecule has 0 aliphatic carbocycles. The van der Waals surface area contributed by atoms with Crippen LogP contribution in [0.2, 0.25) is 0 Å². The van der Waals surface area contributed by atoms with E-state index in [9.17, 15) is 0 Å². The van der Waals surface area contributed by atoms with E-state index in [1.807, 2.05) is 0 Å². The molecule has 2 unspecified atom stereocenters. The molecule has 0 radical (unpaired) electrons. The van der Waals surface area contributed by atoms with Crippen LogP contribution in [0.4, 0.5) is 0 Å². The van der Waals surface area contributed by atoms with Crippen LogP contribution < -0.4 is 5.73 Å². The van der Waals surface area contributed by atoms with Crippen molar-refractivity contribution in [3.63, 3.8) is 0 Å². The van der Waals surface area contributed by atoms with E-state index < -0.39 is 0 Å². The second-order valence-corrected chi connectivity index (χ2v) is 3.87. The van der Waals surface area contributed by atoms with E-state index >= 15 is 0 Å². The second kappa shape index (κ2) is 7.07. The highest BCUT2D eigenvalue weighted by Gasteiger charge is 2.05. The first-order valence-corrected chi connectivity index (χ1v) is 5.39. The molecule has 0 saturated heterocycles. The monoisotopic (exact) mass is 184 g/mol. The van der Waals surface area contributed by atoms with Crippen LogP contribution in [-0.2, 0) is 0 Å². The minimum Gasteiger partial charge on any atom is -0.326 e. The van der Waals surface area contributed by atoms with Crippen LogP contribution in [0.3, 0.4) is 0 Å². The van der Waals surface area contributed by atoms with Gasteiger partial charge in [-0.25, -0.2) is 0 Å². The van der Waals surface area contributed by atoms with Gasteiger partial charge in [-0.05, 0) is 25.7 Å². The summed E-state index contributed by atoms with van der Waals surface area (Å²) in [6.07, 6.45) is 3.38. The number of nitrogens with two attached hydrogens (primary N) is 1. The van der Waals surface area contributed by atoms with Gasteiger partial charge in [0.2, 0.25) is 0 Å². The highest BCUT2D eigenvalue weighted by atomic mass is 14.8. The van der Waals surface area contributed by atoms with Crippen molar-refractivity contribution in [2.45, 2.75) is 53.0 Å². The lowest BCUT2D eigenvalue weighted by atomic mass is 10.0. The molecule has 0 aromatic rings. The Morgan fingerprint density at radius 3 is 2.23 bits per heavy atom. The van der Waals surface area contributed by atoms with Crippen molar-refractivity contribution < 1.29 is 0 Å². The van der Waals surface area contributed by atoms with Gasteiger partial charge >= 0.3 is 0 Å². The van der Waals surface area contributed by atoms with Gasteiger partial charge in [-0.1, -0.05) is 27.2 Å². The molecule has 0 spiro atoms. The van der Waals surface area contributed by atoms with E-state index in [0.29, 0.717) is 18.5 Å². The first-order chi connectivity index (χ1) is 6.13. The Labute approximate surface area is 82.6 Å². The fraction of sp³-hybridized carbons (Fsp3) is 0.909. The maximum absolute atomic E-state index is 5.65. The van der Waals surface area contributed by atoms with Crippen molar-refractivity contribution in [2.24, 2.45) is 16.6 Å². The SMILES string of the molecule is CCC(C)C/C(CN)=N\C(C)CC. The minimum absolute atomic E-state index is 0.433. The molecule has 0 fully saturated rings. The molecule has 2 N–H and O–H groups in total. The fourth-order valence-corrected chi connectivity index (χ4v) is 1.14. The lowest BCUT2D eigenvalue weighted by molar-refractivity contribution is 0.580. The Hall–Kier alpha value is -0.370. The quantitative estimate of drug-likeness (QED) is 0.633. The molecular formula is C11H24N2. The molecule has 0 heterocycles. The van der Waals surface area contributed by atoms with Gasteiger partial charge in [0.05, 0.1) is 0 Å². The summed E-state index contributed by atoms with van der Waals surface area (Å²) in [4.78, 5) is 4.59. The largest absolute Gasteiger partial charge is 0.326 e. The van der Waals surface area contributed by atoms with E-state index in [1.54, 1.807) is 0 Å². The van der Waals surface area contributed by atoms with E-state index in [2.05, 4.69) is 32.7 Å². The summed E-state index contributed by atoms with van der Waals surface area (Å²) < 4.78 is 0. The standard InChI is InChI=1S/C11H24N2/c1-5-9(3)7-11(8-12)13-10(4)6-2/h9-10H,5-8,12H2,1-4H3/b13-11+. The van der Waals surface area contributed by atoms with Gasteiger partial charge in [0.15, 0.2) is 0 Å². The van der Waals surface area contributed by atoms with E-state index in [4.69, 9.17) is 5.73 Å². The Bertz CT molecular complexity index is 152. The summed E-state index contributed by atoms with van der Waals surface area (Å²) in [6.45, 7) is 9.39. The van der Waals surface area contributed by atoms with Gasteiger partial charge in [0.25, 0.3) is 0 Å². The summed E-state index contributed by atoms with van der Waals surface area (Å²) in [5, 5.41) is 0. The average molecular weight is 184 g/mol. The summed E-state index contributed by atoms with van der Waals surface area (Å²) in [7, 11) is 0. The predicted molar refractivity (Wildman–Crippen MR) is 60.3 cm³/mol. The second-order valence-electron chi connectivity index (χ2n) is 3.87. The Morgan fingerprint density at radius 1 is 1.23 bits per heavy atom. The first-order valence-electron chi connectivity index (χ1n) is 5.39. The van der Waals surface area contributed by atoms with Gasteiger partial charge in [0.1, 0.15) is 0 Å². The third-order valence-electron chi connectivity index (χ3n) is 2.51. The van der Waals surface area contributed by atoms with Crippen LogP contribution in [0.25, 0.3) is 0 Å². The summed E-state index contributed by atoms with van der Waals surface area (Å²) in [5.74, 6) is 0.714. The van der Waals surface area contributed by atoms with Crippen LogP contribution in [-0.4, -0.2) is 18.3 Å². The Kier molecular flexibility index (Phi) is 6.87. The Balaban J connectivity index is 4.08.